The lowest BCUT2D eigenvalue weighted by Gasteiger charge is -2.38. The minimum absolute atomic E-state index is 0.101. The lowest BCUT2D eigenvalue weighted by atomic mass is 9.73. The molecule has 0 aliphatic heterocycles. The van der Waals surface area contributed by atoms with E-state index in [-0.39, 0.29) is 13.2 Å². The van der Waals surface area contributed by atoms with Crippen molar-refractivity contribution in [3.05, 3.63) is 0 Å². The highest BCUT2D eigenvalue weighted by Crippen LogP contribution is 2.34. The van der Waals surface area contributed by atoms with E-state index in [2.05, 4.69) is 0 Å². The van der Waals surface area contributed by atoms with E-state index < -0.39 is 17.6 Å². The van der Waals surface area contributed by atoms with Crippen molar-refractivity contribution in [1.29, 1.82) is 0 Å². The van der Waals surface area contributed by atoms with E-state index in [0.717, 1.165) is 0 Å². The van der Waals surface area contributed by atoms with E-state index >= 15 is 0 Å². The maximum atomic E-state index is 9.51. The number of aliphatic hydroxyl groups excluding tert-OH is 4. The van der Waals surface area contributed by atoms with Gasteiger partial charge in [-0.2, -0.15) is 0 Å². The van der Waals surface area contributed by atoms with Crippen molar-refractivity contribution >= 4 is 0 Å². The van der Waals surface area contributed by atoms with Gasteiger partial charge >= 0.3 is 0 Å². The Bertz CT molecular complexity index is 118. The van der Waals surface area contributed by atoms with Crippen LogP contribution in [-0.4, -0.2) is 45.8 Å². The predicted molar refractivity (Wildman–Crippen MR) is 49.2 cm³/mol. The van der Waals surface area contributed by atoms with Gasteiger partial charge in [0.05, 0.1) is 12.2 Å². The monoisotopic (exact) mass is 192 g/mol. The first-order valence-corrected chi connectivity index (χ1v) is 4.59. The highest BCUT2D eigenvalue weighted by Gasteiger charge is 2.38. The van der Waals surface area contributed by atoms with Crippen LogP contribution in [0.4, 0.5) is 0 Å². The summed E-state index contributed by atoms with van der Waals surface area (Å²) in [5, 5.41) is 36.7. The second kappa shape index (κ2) is 5.54. The molecule has 0 radical (unpaired) electrons. The second-order valence-corrected chi connectivity index (χ2v) is 3.53. The predicted octanol–water partition coefficient (Wildman–Crippen LogP) is -0.501. The summed E-state index contributed by atoms with van der Waals surface area (Å²) in [4.78, 5) is 0. The molecule has 2 unspecified atom stereocenters. The Morgan fingerprint density at radius 3 is 1.38 bits per heavy atom. The van der Waals surface area contributed by atoms with Crippen molar-refractivity contribution in [3.63, 3.8) is 0 Å². The van der Waals surface area contributed by atoms with Crippen LogP contribution in [0, 0.1) is 5.41 Å². The van der Waals surface area contributed by atoms with Gasteiger partial charge in [0.2, 0.25) is 0 Å². The number of hydrogen-bond donors (Lipinski definition) is 4. The van der Waals surface area contributed by atoms with Gasteiger partial charge in [-0.05, 0) is 26.7 Å². The van der Waals surface area contributed by atoms with Gasteiger partial charge in [-0.15, -0.1) is 0 Å². The minimum atomic E-state index is -0.788. The van der Waals surface area contributed by atoms with E-state index in [1.54, 1.807) is 13.8 Å². The van der Waals surface area contributed by atoms with E-state index in [4.69, 9.17) is 10.2 Å². The van der Waals surface area contributed by atoms with E-state index in [0.29, 0.717) is 12.8 Å². The Morgan fingerprint density at radius 2 is 1.23 bits per heavy atom. The Kier molecular flexibility index (Phi) is 5.48. The molecule has 0 amide bonds. The molecule has 0 heterocycles. The first-order valence-electron chi connectivity index (χ1n) is 4.59. The highest BCUT2D eigenvalue weighted by molar-refractivity contribution is 4.88. The van der Waals surface area contributed by atoms with E-state index in [1.165, 1.54) is 0 Å². The zero-order chi connectivity index (χ0) is 10.5. The minimum Gasteiger partial charge on any atom is -0.396 e. The molecule has 80 valence electrons. The maximum Gasteiger partial charge on any atom is 0.0594 e. The summed E-state index contributed by atoms with van der Waals surface area (Å²) in [7, 11) is 0. The summed E-state index contributed by atoms with van der Waals surface area (Å²) in [5.41, 5.74) is -0.788. The number of rotatable bonds is 6. The average molecular weight is 192 g/mol. The van der Waals surface area contributed by atoms with Crippen molar-refractivity contribution in [1.82, 2.24) is 0 Å². The summed E-state index contributed by atoms with van der Waals surface area (Å²) in [6, 6.07) is 0. The van der Waals surface area contributed by atoms with Crippen molar-refractivity contribution in [2.24, 2.45) is 5.41 Å². The Labute approximate surface area is 78.8 Å². The molecule has 0 fully saturated rings. The molecule has 0 aliphatic rings. The molecule has 13 heavy (non-hydrogen) atoms. The molecule has 4 N–H and O–H groups in total. The van der Waals surface area contributed by atoms with Gasteiger partial charge in [0.15, 0.2) is 0 Å². The molecule has 0 aromatic carbocycles. The molecule has 0 aliphatic carbocycles. The van der Waals surface area contributed by atoms with Crippen LogP contribution in [0.1, 0.15) is 26.7 Å². The van der Waals surface area contributed by atoms with Crippen LogP contribution in [0.3, 0.4) is 0 Å². The van der Waals surface area contributed by atoms with Crippen LogP contribution in [0.2, 0.25) is 0 Å². The summed E-state index contributed by atoms with van der Waals surface area (Å²) in [6.45, 7) is 2.93. The van der Waals surface area contributed by atoms with Gasteiger partial charge < -0.3 is 20.4 Å². The molecule has 4 heteroatoms. The molecule has 0 aromatic rings. The second-order valence-electron chi connectivity index (χ2n) is 3.53. The van der Waals surface area contributed by atoms with Gasteiger partial charge in [-0.3, -0.25) is 0 Å². The molecule has 0 aromatic heterocycles. The molecule has 0 rings (SSSR count). The third kappa shape index (κ3) is 2.91. The fourth-order valence-electron chi connectivity index (χ4n) is 1.73. The molecule has 0 spiro atoms. The van der Waals surface area contributed by atoms with Gasteiger partial charge in [0.25, 0.3) is 0 Å². The number of aliphatic hydroxyl groups is 4. The molecule has 4 nitrogen and oxygen atoms in total. The Balaban J connectivity index is 4.59. The average Bonchev–Trinajstić information content (AvgIpc) is 2.03. The normalized spacial score (nSPS) is 17.1. The van der Waals surface area contributed by atoms with Gasteiger partial charge in [0.1, 0.15) is 0 Å². The van der Waals surface area contributed by atoms with Crippen LogP contribution >= 0.6 is 0 Å². The Hall–Kier alpha value is -0.160. The highest BCUT2D eigenvalue weighted by atomic mass is 16.3. The third-order valence-electron chi connectivity index (χ3n) is 2.82. The van der Waals surface area contributed by atoms with Crippen molar-refractivity contribution < 1.29 is 20.4 Å². The smallest absolute Gasteiger partial charge is 0.0594 e. The zero-order valence-corrected chi connectivity index (χ0v) is 8.27. The summed E-state index contributed by atoms with van der Waals surface area (Å²) >= 11 is 0. The molecule has 2 atom stereocenters. The first kappa shape index (κ1) is 12.8. The van der Waals surface area contributed by atoms with Crippen LogP contribution in [0.25, 0.3) is 0 Å². The fourth-order valence-corrected chi connectivity index (χ4v) is 1.73. The van der Waals surface area contributed by atoms with Crippen LogP contribution < -0.4 is 0 Å². The third-order valence-corrected chi connectivity index (χ3v) is 2.82. The SMILES string of the molecule is CC(O)C(CCO)(CCO)C(C)O. The molecular formula is C9H20O4. The van der Waals surface area contributed by atoms with E-state index in [1.807, 2.05) is 0 Å². The van der Waals surface area contributed by atoms with Crippen molar-refractivity contribution in [2.75, 3.05) is 13.2 Å². The van der Waals surface area contributed by atoms with Gasteiger partial charge in [-0.1, -0.05) is 0 Å². The summed E-state index contributed by atoms with van der Waals surface area (Å²) in [5.74, 6) is 0. The molecule has 0 saturated heterocycles. The topological polar surface area (TPSA) is 80.9 Å². The largest absolute Gasteiger partial charge is 0.396 e. The summed E-state index contributed by atoms with van der Waals surface area (Å²) in [6.07, 6.45) is -0.898. The fraction of sp³-hybridized carbons (Fsp3) is 1.00. The standard InChI is InChI=1S/C9H20O4/c1-7(12)9(3-5-10,4-6-11)8(2)13/h7-8,10-13H,3-6H2,1-2H3. The molecule has 0 bridgehead atoms. The lowest BCUT2D eigenvalue weighted by Crippen LogP contribution is -2.44. The lowest BCUT2D eigenvalue weighted by molar-refractivity contribution is -0.0796. The molecule has 0 saturated carbocycles. The number of hydrogen-bond acceptors (Lipinski definition) is 4. The van der Waals surface area contributed by atoms with Gasteiger partial charge in [-0.25, -0.2) is 0 Å². The first-order chi connectivity index (χ1) is 6.01. The zero-order valence-electron chi connectivity index (χ0n) is 8.27. The van der Waals surface area contributed by atoms with E-state index in [9.17, 15) is 10.2 Å². The Morgan fingerprint density at radius 1 is 0.923 bits per heavy atom. The van der Waals surface area contributed by atoms with Gasteiger partial charge in [0, 0.05) is 18.6 Å². The maximum absolute atomic E-state index is 9.51. The molecular weight excluding hydrogens is 172 g/mol. The van der Waals surface area contributed by atoms with Crippen LogP contribution in [0.5, 0.6) is 0 Å². The quantitative estimate of drug-likeness (QED) is 0.457. The van der Waals surface area contributed by atoms with Crippen LogP contribution in [0.15, 0.2) is 0 Å². The van der Waals surface area contributed by atoms with Crippen LogP contribution in [-0.2, 0) is 0 Å². The summed E-state index contributed by atoms with van der Waals surface area (Å²) < 4.78 is 0. The van der Waals surface area contributed by atoms with Crippen molar-refractivity contribution in [2.45, 2.75) is 38.9 Å². The van der Waals surface area contributed by atoms with Crippen molar-refractivity contribution in [3.8, 4) is 0 Å².